The zero-order valence-corrected chi connectivity index (χ0v) is 14.0. The minimum Gasteiger partial charge on any atom is -0.313 e. The lowest BCUT2D eigenvalue weighted by atomic mass is 9.93. The Morgan fingerprint density at radius 2 is 2.29 bits per heavy atom. The molecule has 0 amide bonds. The maximum absolute atomic E-state index is 4.26. The Hall–Kier alpha value is -1.13. The number of halogens is 1. The second-order valence-corrected chi connectivity index (χ2v) is 6.91. The predicted octanol–water partition coefficient (Wildman–Crippen LogP) is 3.65. The van der Waals surface area contributed by atoms with Crippen molar-refractivity contribution in [3.05, 3.63) is 52.3 Å². The fourth-order valence-electron chi connectivity index (χ4n) is 2.69. The van der Waals surface area contributed by atoms with E-state index in [9.17, 15) is 0 Å². The summed E-state index contributed by atoms with van der Waals surface area (Å²) in [6.45, 7) is 1.07. The monoisotopic (exact) mass is 347 g/mol. The zero-order valence-electron chi connectivity index (χ0n) is 12.4. The van der Waals surface area contributed by atoms with Crippen LogP contribution in [0.2, 0.25) is 0 Å². The van der Waals surface area contributed by atoms with Crippen molar-refractivity contribution in [2.75, 3.05) is 6.54 Å². The highest BCUT2D eigenvalue weighted by Gasteiger charge is 2.22. The average Bonchev–Trinajstić information content (AvgIpc) is 3.20. The molecule has 1 N–H and O–H groups in total. The minimum absolute atomic E-state index is 0.559. The van der Waals surface area contributed by atoms with Crippen molar-refractivity contribution in [3.8, 4) is 0 Å². The van der Waals surface area contributed by atoms with Crippen LogP contribution in [-0.4, -0.2) is 22.4 Å². The number of rotatable bonds is 7. The van der Waals surface area contributed by atoms with Crippen molar-refractivity contribution in [2.45, 2.75) is 37.6 Å². The summed E-state index contributed by atoms with van der Waals surface area (Å²) in [6, 6.07) is 9.48. The molecule has 0 aliphatic heterocycles. The van der Waals surface area contributed by atoms with Crippen molar-refractivity contribution >= 4 is 15.9 Å². The summed E-state index contributed by atoms with van der Waals surface area (Å²) in [4.78, 5) is 0. The molecule has 21 heavy (non-hydrogen) atoms. The number of aromatic nitrogens is 2. The van der Waals surface area contributed by atoms with Gasteiger partial charge in [-0.3, -0.25) is 4.68 Å². The van der Waals surface area contributed by atoms with Gasteiger partial charge in [0.1, 0.15) is 0 Å². The summed E-state index contributed by atoms with van der Waals surface area (Å²) >= 11 is 3.59. The van der Waals surface area contributed by atoms with Crippen LogP contribution < -0.4 is 5.32 Å². The first-order valence-electron chi connectivity index (χ1n) is 7.67. The molecular formula is C17H22BrN3. The van der Waals surface area contributed by atoms with Gasteiger partial charge in [-0.05, 0) is 54.9 Å². The zero-order chi connectivity index (χ0) is 14.7. The molecule has 4 heteroatoms. The third kappa shape index (κ3) is 4.42. The fourth-order valence-corrected chi connectivity index (χ4v) is 3.10. The largest absolute Gasteiger partial charge is 0.313 e. The quantitative estimate of drug-likeness (QED) is 0.828. The first-order chi connectivity index (χ1) is 10.2. The first-order valence-corrected chi connectivity index (χ1v) is 8.46. The Bertz CT molecular complexity index is 589. The molecule has 0 spiro atoms. The molecule has 1 fully saturated rings. The van der Waals surface area contributed by atoms with Crippen molar-refractivity contribution in [3.63, 3.8) is 0 Å². The first kappa shape index (κ1) is 14.8. The van der Waals surface area contributed by atoms with E-state index in [-0.39, 0.29) is 0 Å². The van der Waals surface area contributed by atoms with Gasteiger partial charge in [0.25, 0.3) is 0 Å². The van der Waals surface area contributed by atoms with Gasteiger partial charge in [0.15, 0.2) is 0 Å². The molecular weight excluding hydrogens is 326 g/mol. The van der Waals surface area contributed by atoms with E-state index in [1.54, 1.807) is 0 Å². The number of nitrogens with one attached hydrogen (secondary N) is 1. The van der Waals surface area contributed by atoms with Crippen LogP contribution in [0.5, 0.6) is 0 Å². The van der Waals surface area contributed by atoms with E-state index in [1.165, 1.54) is 24.0 Å². The second kappa shape index (κ2) is 6.75. The van der Waals surface area contributed by atoms with Crippen LogP contribution in [0, 0.1) is 0 Å². The predicted molar refractivity (Wildman–Crippen MR) is 89.4 cm³/mol. The summed E-state index contributed by atoms with van der Waals surface area (Å²) in [5.74, 6) is 0.559. The summed E-state index contributed by atoms with van der Waals surface area (Å²) in [7, 11) is 1.98. The van der Waals surface area contributed by atoms with E-state index in [1.807, 2.05) is 17.9 Å². The van der Waals surface area contributed by atoms with E-state index < -0.39 is 0 Å². The van der Waals surface area contributed by atoms with Gasteiger partial charge < -0.3 is 5.32 Å². The SMILES string of the molecule is Cn1cc(CCC(CNC2CC2)c2cccc(Br)c2)cn1. The Labute approximate surface area is 134 Å². The molecule has 0 bridgehead atoms. The molecule has 1 aromatic heterocycles. The van der Waals surface area contributed by atoms with Gasteiger partial charge in [-0.1, -0.05) is 28.1 Å². The number of hydrogen-bond acceptors (Lipinski definition) is 2. The van der Waals surface area contributed by atoms with Gasteiger partial charge in [0, 0.05) is 30.3 Å². The van der Waals surface area contributed by atoms with Crippen LogP contribution in [0.25, 0.3) is 0 Å². The van der Waals surface area contributed by atoms with Crippen molar-refractivity contribution in [2.24, 2.45) is 7.05 Å². The maximum atomic E-state index is 4.26. The number of aryl methyl sites for hydroxylation is 2. The van der Waals surface area contributed by atoms with E-state index in [4.69, 9.17) is 0 Å². The molecule has 2 aromatic rings. The third-order valence-electron chi connectivity index (χ3n) is 4.09. The lowest BCUT2D eigenvalue weighted by Gasteiger charge is -2.18. The Morgan fingerprint density at radius 3 is 2.95 bits per heavy atom. The van der Waals surface area contributed by atoms with Gasteiger partial charge >= 0.3 is 0 Å². The Kier molecular flexibility index (Phi) is 4.76. The van der Waals surface area contributed by atoms with Crippen molar-refractivity contribution in [1.82, 2.24) is 15.1 Å². The maximum Gasteiger partial charge on any atom is 0.0521 e. The highest BCUT2D eigenvalue weighted by atomic mass is 79.9. The molecule has 112 valence electrons. The van der Waals surface area contributed by atoms with Gasteiger partial charge in [-0.2, -0.15) is 5.10 Å². The normalized spacial score (nSPS) is 16.1. The molecule has 3 nitrogen and oxygen atoms in total. The molecule has 1 atom stereocenters. The molecule has 1 saturated carbocycles. The number of hydrogen-bond donors (Lipinski definition) is 1. The van der Waals surface area contributed by atoms with Gasteiger partial charge in [-0.15, -0.1) is 0 Å². The molecule has 1 aliphatic rings. The molecule has 1 unspecified atom stereocenters. The highest BCUT2D eigenvalue weighted by molar-refractivity contribution is 9.10. The summed E-state index contributed by atoms with van der Waals surface area (Å²) in [6.07, 6.45) is 9.01. The Balaban J connectivity index is 1.65. The molecule has 1 aromatic carbocycles. The molecule has 1 heterocycles. The summed E-state index contributed by atoms with van der Waals surface area (Å²) < 4.78 is 3.05. The van der Waals surface area contributed by atoms with E-state index >= 15 is 0 Å². The number of nitrogens with zero attached hydrogens (tertiary/aromatic N) is 2. The average molecular weight is 348 g/mol. The van der Waals surface area contributed by atoms with Crippen LogP contribution in [0.1, 0.15) is 36.3 Å². The van der Waals surface area contributed by atoms with E-state index in [0.717, 1.165) is 29.9 Å². The lowest BCUT2D eigenvalue weighted by molar-refractivity contribution is 0.548. The Morgan fingerprint density at radius 1 is 1.43 bits per heavy atom. The van der Waals surface area contributed by atoms with Crippen LogP contribution in [0.3, 0.4) is 0 Å². The van der Waals surface area contributed by atoms with Crippen LogP contribution in [-0.2, 0) is 13.5 Å². The second-order valence-electron chi connectivity index (χ2n) is 6.00. The molecule has 3 rings (SSSR count). The lowest BCUT2D eigenvalue weighted by Crippen LogP contribution is -2.24. The van der Waals surface area contributed by atoms with Gasteiger partial charge in [-0.25, -0.2) is 0 Å². The number of benzene rings is 1. The highest BCUT2D eigenvalue weighted by Crippen LogP contribution is 2.26. The smallest absolute Gasteiger partial charge is 0.0521 e. The third-order valence-corrected chi connectivity index (χ3v) is 4.58. The molecule has 0 saturated heterocycles. The molecule has 0 radical (unpaired) electrons. The van der Waals surface area contributed by atoms with Crippen LogP contribution >= 0.6 is 15.9 Å². The van der Waals surface area contributed by atoms with E-state index in [0.29, 0.717) is 5.92 Å². The minimum atomic E-state index is 0.559. The summed E-state index contributed by atoms with van der Waals surface area (Å²) in [5.41, 5.74) is 2.74. The van der Waals surface area contributed by atoms with Crippen LogP contribution in [0.4, 0.5) is 0 Å². The van der Waals surface area contributed by atoms with Crippen LogP contribution in [0.15, 0.2) is 41.1 Å². The van der Waals surface area contributed by atoms with E-state index in [2.05, 4.69) is 56.8 Å². The topological polar surface area (TPSA) is 29.9 Å². The van der Waals surface area contributed by atoms with Gasteiger partial charge in [0.2, 0.25) is 0 Å². The van der Waals surface area contributed by atoms with Crippen molar-refractivity contribution < 1.29 is 0 Å². The standard InChI is InChI=1S/C17H22BrN3/c1-21-12-13(10-20-21)5-6-15(11-19-17-7-8-17)14-3-2-4-16(18)9-14/h2-4,9-10,12,15,17,19H,5-8,11H2,1H3. The fraction of sp³-hybridized carbons (Fsp3) is 0.471. The van der Waals surface area contributed by atoms with Crippen molar-refractivity contribution in [1.29, 1.82) is 0 Å². The molecule has 1 aliphatic carbocycles. The summed E-state index contributed by atoms with van der Waals surface area (Å²) in [5, 5.41) is 7.94. The van der Waals surface area contributed by atoms with Gasteiger partial charge in [0.05, 0.1) is 6.20 Å².